The van der Waals surface area contributed by atoms with Gasteiger partial charge in [0.15, 0.2) is 0 Å². The second-order valence-electron chi connectivity index (χ2n) is 7.21. The first-order valence-electron chi connectivity index (χ1n) is 8.95. The molecule has 4 rings (SSSR count). The van der Waals surface area contributed by atoms with E-state index in [1.165, 1.54) is 4.52 Å². The maximum atomic E-state index is 12.7. The van der Waals surface area contributed by atoms with Crippen LogP contribution in [0.4, 0.5) is 0 Å². The predicted octanol–water partition coefficient (Wildman–Crippen LogP) is -0.251. The van der Waals surface area contributed by atoms with Gasteiger partial charge in [-0.2, -0.15) is 4.98 Å². The molecule has 9 heteroatoms. The predicted molar refractivity (Wildman–Crippen MR) is 93.5 cm³/mol. The summed E-state index contributed by atoms with van der Waals surface area (Å²) in [6.45, 7) is 2.99. The molecular weight excluding hydrogens is 334 g/mol. The number of aromatic nitrogens is 4. The van der Waals surface area contributed by atoms with Gasteiger partial charge in [-0.1, -0.05) is 0 Å². The van der Waals surface area contributed by atoms with Crippen molar-refractivity contribution in [2.45, 2.75) is 18.9 Å². The lowest BCUT2D eigenvalue weighted by atomic mass is 10.1. The first-order chi connectivity index (χ1) is 12.5. The second-order valence-corrected chi connectivity index (χ2v) is 7.21. The second kappa shape index (κ2) is 6.64. The normalized spacial score (nSPS) is 23.6. The van der Waals surface area contributed by atoms with Crippen molar-refractivity contribution in [3.05, 3.63) is 24.3 Å². The largest absolute Gasteiger partial charge is 0.344 e. The summed E-state index contributed by atoms with van der Waals surface area (Å²) in [5.74, 6) is 1.01. The molecule has 0 spiro atoms. The van der Waals surface area contributed by atoms with Crippen LogP contribution in [-0.4, -0.2) is 92.4 Å². The lowest BCUT2D eigenvalue weighted by molar-refractivity contribution is -0.130. The topological polar surface area (TPSA) is 86.9 Å². The maximum absolute atomic E-state index is 12.7. The van der Waals surface area contributed by atoms with Gasteiger partial charge in [0.1, 0.15) is 0 Å². The minimum atomic E-state index is -0.155. The van der Waals surface area contributed by atoms with Crippen LogP contribution in [0.25, 0.3) is 5.78 Å². The van der Waals surface area contributed by atoms with Gasteiger partial charge in [-0.05, 0) is 31.9 Å². The Hall–Kier alpha value is -2.55. The van der Waals surface area contributed by atoms with E-state index in [1.807, 2.05) is 14.1 Å². The highest BCUT2D eigenvalue weighted by Crippen LogP contribution is 2.22. The molecule has 2 aromatic heterocycles. The van der Waals surface area contributed by atoms with Crippen LogP contribution in [0.15, 0.2) is 18.5 Å². The molecule has 0 aliphatic carbocycles. The summed E-state index contributed by atoms with van der Waals surface area (Å²) in [6, 6.07) is 1.72. The molecular formula is C17H23N7O2. The summed E-state index contributed by atoms with van der Waals surface area (Å²) in [6.07, 6.45) is 5.16. The van der Waals surface area contributed by atoms with Crippen LogP contribution in [0.3, 0.4) is 0 Å². The van der Waals surface area contributed by atoms with E-state index in [0.717, 1.165) is 25.9 Å². The number of nitrogens with zero attached hydrogens (tertiary/aromatic N) is 7. The van der Waals surface area contributed by atoms with Crippen molar-refractivity contribution in [1.82, 2.24) is 34.3 Å². The van der Waals surface area contributed by atoms with Crippen molar-refractivity contribution >= 4 is 17.6 Å². The van der Waals surface area contributed by atoms with Crippen molar-refractivity contribution in [2.24, 2.45) is 5.92 Å². The number of carbonyl (C=O) groups excluding carboxylic acids is 2. The molecule has 0 saturated carbocycles. The summed E-state index contributed by atoms with van der Waals surface area (Å²) in [5.41, 5.74) is 0. The molecule has 2 saturated heterocycles. The van der Waals surface area contributed by atoms with Gasteiger partial charge in [-0.25, -0.2) is 9.50 Å². The number of carbonyl (C=O) groups is 2. The standard InChI is InChI=1S/C17H23N7O2/c1-21-8-5-13(15(21)25)22(2)10-12-4-9-23(11-12)16(26)14-19-17-18-6-3-7-24(17)20-14/h3,6-7,12-13H,4-5,8-11H2,1-2H3. The third-order valence-corrected chi connectivity index (χ3v) is 5.36. The average Bonchev–Trinajstić information content (AvgIpc) is 3.34. The summed E-state index contributed by atoms with van der Waals surface area (Å²) < 4.78 is 1.51. The van der Waals surface area contributed by atoms with Gasteiger partial charge in [0.25, 0.3) is 11.7 Å². The van der Waals surface area contributed by atoms with Gasteiger partial charge in [0.2, 0.25) is 11.7 Å². The lowest BCUT2D eigenvalue weighted by Crippen LogP contribution is -2.41. The number of likely N-dealkylation sites (N-methyl/N-ethyl adjacent to an activating group) is 2. The maximum Gasteiger partial charge on any atom is 0.293 e. The summed E-state index contributed by atoms with van der Waals surface area (Å²) in [7, 11) is 3.85. The highest BCUT2D eigenvalue weighted by Gasteiger charge is 2.35. The Balaban J connectivity index is 1.37. The van der Waals surface area contributed by atoms with Crippen molar-refractivity contribution in [3.63, 3.8) is 0 Å². The monoisotopic (exact) mass is 357 g/mol. The molecule has 0 aromatic carbocycles. The highest BCUT2D eigenvalue weighted by atomic mass is 16.2. The van der Waals surface area contributed by atoms with E-state index in [0.29, 0.717) is 24.8 Å². The lowest BCUT2D eigenvalue weighted by Gasteiger charge is -2.25. The molecule has 2 amide bonds. The number of rotatable bonds is 4. The third-order valence-electron chi connectivity index (χ3n) is 5.36. The van der Waals surface area contributed by atoms with E-state index in [2.05, 4.69) is 20.0 Å². The zero-order chi connectivity index (χ0) is 18.3. The Morgan fingerprint density at radius 2 is 2.19 bits per heavy atom. The number of likely N-dealkylation sites (tertiary alicyclic amines) is 2. The van der Waals surface area contributed by atoms with Crippen LogP contribution >= 0.6 is 0 Å². The Morgan fingerprint density at radius 1 is 1.35 bits per heavy atom. The van der Waals surface area contributed by atoms with Crippen LogP contribution in [0.1, 0.15) is 23.5 Å². The van der Waals surface area contributed by atoms with Crippen molar-refractivity contribution in [3.8, 4) is 0 Å². The Morgan fingerprint density at radius 3 is 2.92 bits per heavy atom. The Kier molecular flexibility index (Phi) is 4.31. The zero-order valence-electron chi connectivity index (χ0n) is 15.1. The van der Waals surface area contributed by atoms with E-state index in [1.54, 1.807) is 28.3 Å². The fourth-order valence-electron chi connectivity index (χ4n) is 3.88. The smallest absolute Gasteiger partial charge is 0.293 e. The van der Waals surface area contributed by atoms with Crippen LogP contribution in [-0.2, 0) is 4.79 Å². The Bertz CT molecular complexity index is 802. The van der Waals surface area contributed by atoms with Gasteiger partial charge >= 0.3 is 0 Å². The molecule has 2 aliphatic rings. The quantitative estimate of drug-likeness (QED) is 0.750. The molecule has 9 nitrogen and oxygen atoms in total. The number of hydrogen-bond donors (Lipinski definition) is 0. The van der Waals surface area contributed by atoms with Gasteiger partial charge < -0.3 is 9.80 Å². The van der Waals surface area contributed by atoms with Gasteiger partial charge in [0, 0.05) is 45.6 Å². The van der Waals surface area contributed by atoms with E-state index in [9.17, 15) is 9.59 Å². The molecule has 0 N–H and O–H groups in total. The number of fused-ring (bicyclic) bond motifs is 1. The third kappa shape index (κ3) is 3.03. The molecule has 0 bridgehead atoms. The fraction of sp³-hybridized carbons (Fsp3) is 0.588. The molecule has 2 aromatic rings. The van der Waals surface area contributed by atoms with Crippen molar-refractivity contribution in [2.75, 3.05) is 40.3 Å². The molecule has 4 heterocycles. The van der Waals surface area contributed by atoms with Crippen molar-refractivity contribution < 1.29 is 9.59 Å². The number of amides is 2. The van der Waals surface area contributed by atoms with Crippen molar-refractivity contribution in [1.29, 1.82) is 0 Å². The molecule has 2 atom stereocenters. The Labute approximate surface area is 151 Å². The van der Waals surface area contributed by atoms with Gasteiger partial charge in [-0.3, -0.25) is 14.5 Å². The van der Waals surface area contributed by atoms with Gasteiger partial charge in [-0.15, -0.1) is 5.10 Å². The van der Waals surface area contributed by atoms with E-state index in [4.69, 9.17) is 0 Å². The van der Waals surface area contributed by atoms with Crippen LogP contribution in [0.5, 0.6) is 0 Å². The number of hydrogen-bond acceptors (Lipinski definition) is 6. The fourth-order valence-corrected chi connectivity index (χ4v) is 3.88. The van der Waals surface area contributed by atoms with Gasteiger partial charge in [0.05, 0.1) is 6.04 Å². The first-order valence-corrected chi connectivity index (χ1v) is 8.95. The van der Waals surface area contributed by atoms with Crippen LogP contribution in [0.2, 0.25) is 0 Å². The van der Waals surface area contributed by atoms with E-state index in [-0.39, 0.29) is 23.7 Å². The molecule has 138 valence electrons. The zero-order valence-corrected chi connectivity index (χ0v) is 15.1. The summed E-state index contributed by atoms with van der Waals surface area (Å²) in [4.78, 5) is 38.9. The minimum Gasteiger partial charge on any atom is -0.344 e. The summed E-state index contributed by atoms with van der Waals surface area (Å²) >= 11 is 0. The molecule has 0 radical (unpaired) electrons. The minimum absolute atomic E-state index is 0.0315. The molecule has 2 fully saturated rings. The molecule has 2 aliphatic heterocycles. The molecule has 2 unspecified atom stereocenters. The van der Waals surface area contributed by atoms with Crippen LogP contribution < -0.4 is 0 Å². The highest BCUT2D eigenvalue weighted by molar-refractivity contribution is 5.91. The van der Waals surface area contributed by atoms with Crippen LogP contribution in [0, 0.1) is 5.92 Å². The first kappa shape index (κ1) is 16.9. The van der Waals surface area contributed by atoms with E-state index < -0.39 is 0 Å². The average molecular weight is 357 g/mol. The SMILES string of the molecule is CN1CCC(N(C)CC2CCN(C(=O)c3nc4ncccn4n3)C2)C1=O. The molecule has 26 heavy (non-hydrogen) atoms. The summed E-state index contributed by atoms with van der Waals surface area (Å²) in [5, 5.41) is 4.22. The van der Waals surface area contributed by atoms with E-state index >= 15 is 0 Å².